The largest absolute Gasteiger partial charge is 0.390 e. The minimum atomic E-state index is -0.783. The maximum atomic E-state index is 13.4. The molecule has 0 aromatic heterocycles. The average Bonchev–Trinajstić information content (AvgIpc) is 3.12. The molecule has 13 atom stereocenters. The molecule has 5 nitrogen and oxygen atoms in total. The molecular formula is C29H50O5. The number of Topliss-reactive ketones (excluding diaryl/α,β-unsaturated/α-hetero) is 1. The summed E-state index contributed by atoms with van der Waals surface area (Å²) in [5.74, 6) is 2.12. The third-order valence-electron chi connectivity index (χ3n) is 11.8. The summed E-state index contributed by atoms with van der Waals surface area (Å²) in [5.41, 5.74) is -0.165. The first-order valence-electron chi connectivity index (χ1n) is 14.1. The lowest BCUT2D eigenvalue weighted by molar-refractivity contribution is -0.175. The van der Waals surface area contributed by atoms with Crippen molar-refractivity contribution < 1.29 is 25.2 Å². The van der Waals surface area contributed by atoms with E-state index >= 15 is 0 Å². The smallest absolute Gasteiger partial charge is 0.136 e. The van der Waals surface area contributed by atoms with E-state index in [1.807, 2.05) is 0 Å². The molecule has 34 heavy (non-hydrogen) atoms. The van der Waals surface area contributed by atoms with E-state index < -0.39 is 24.4 Å². The van der Waals surface area contributed by atoms with Crippen LogP contribution in [0.4, 0.5) is 0 Å². The molecule has 0 heterocycles. The van der Waals surface area contributed by atoms with Gasteiger partial charge in [0.2, 0.25) is 0 Å². The van der Waals surface area contributed by atoms with Crippen LogP contribution in [-0.2, 0) is 4.79 Å². The molecule has 4 rings (SSSR count). The number of aliphatic hydroxyl groups is 4. The fraction of sp³-hybridized carbons (Fsp3) is 0.966. The molecule has 0 bridgehead atoms. The van der Waals surface area contributed by atoms with Crippen LogP contribution in [0, 0.1) is 58.2 Å². The van der Waals surface area contributed by atoms with E-state index in [1.165, 1.54) is 0 Å². The van der Waals surface area contributed by atoms with E-state index in [2.05, 4.69) is 41.5 Å². The second-order valence-corrected chi connectivity index (χ2v) is 13.6. The van der Waals surface area contributed by atoms with Gasteiger partial charge in [-0.25, -0.2) is 0 Å². The third kappa shape index (κ3) is 4.01. The van der Waals surface area contributed by atoms with Gasteiger partial charge in [-0.05, 0) is 90.8 Å². The summed E-state index contributed by atoms with van der Waals surface area (Å²) in [7, 11) is 0. The van der Waals surface area contributed by atoms with Crippen LogP contribution in [0.2, 0.25) is 0 Å². The zero-order valence-corrected chi connectivity index (χ0v) is 22.3. The van der Waals surface area contributed by atoms with Crippen LogP contribution in [0.15, 0.2) is 0 Å². The fourth-order valence-electron chi connectivity index (χ4n) is 9.89. The first kappa shape index (κ1) is 26.6. The van der Waals surface area contributed by atoms with Crippen LogP contribution in [0.1, 0.15) is 92.9 Å². The Morgan fingerprint density at radius 2 is 1.59 bits per heavy atom. The number of aliphatic hydroxyl groups excluding tert-OH is 4. The van der Waals surface area contributed by atoms with Crippen molar-refractivity contribution in [3.05, 3.63) is 0 Å². The van der Waals surface area contributed by atoms with Crippen molar-refractivity contribution in [2.75, 3.05) is 0 Å². The zero-order valence-electron chi connectivity index (χ0n) is 22.3. The summed E-state index contributed by atoms with van der Waals surface area (Å²) in [4.78, 5) is 13.4. The fourth-order valence-corrected chi connectivity index (χ4v) is 9.89. The number of carbonyl (C=O) groups excluding carboxylic acids is 1. The predicted octanol–water partition coefficient (Wildman–Crippen LogP) is 4.20. The summed E-state index contributed by atoms with van der Waals surface area (Å²) in [6.45, 7) is 13.1. The molecule has 0 saturated heterocycles. The Morgan fingerprint density at radius 3 is 2.21 bits per heavy atom. The van der Waals surface area contributed by atoms with Gasteiger partial charge in [0.1, 0.15) is 5.78 Å². The topological polar surface area (TPSA) is 98.0 Å². The van der Waals surface area contributed by atoms with E-state index in [0.717, 1.165) is 32.1 Å². The summed E-state index contributed by atoms with van der Waals surface area (Å²) < 4.78 is 0. The number of carbonyl (C=O) groups is 1. The minimum absolute atomic E-state index is 0.0172. The van der Waals surface area contributed by atoms with Crippen molar-refractivity contribution in [3.63, 3.8) is 0 Å². The molecule has 4 saturated carbocycles. The number of fused-ring (bicyclic) bond motifs is 5. The quantitative estimate of drug-likeness (QED) is 0.459. The monoisotopic (exact) mass is 478 g/mol. The van der Waals surface area contributed by atoms with Gasteiger partial charge in [-0.1, -0.05) is 48.0 Å². The average molecular weight is 479 g/mol. The van der Waals surface area contributed by atoms with Gasteiger partial charge in [0, 0.05) is 12.3 Å². The summed E-state index contributed by atoms with van der Waals surface area (Å²) in [6.07, 6.45) is 3.69. The molecule has 4 aliphatic carbocycles. The lowest BCUT2D eigenvalue weighted by atomic mass is 9.44. The number of rotatable bonds is 6. The van der Waals surface area contributed by atoms with Gasteiger partial charge in [-0.2, -0.15) is 0 Å². The highest BCUT2D eigenvalue weighted by atomic mass is 16.3. The first-order chi connectivity index (χ1) is 15.9. The Kier molecular flexibility index (Phi) is 7.37. The van der Waals surface area contributed by atoms with Crippen LogP contribution in [0.3, 0.4) is 0 Å². The van der Waals surface area contributed by atoms with Gasteiger partial charge >= 0.3 is 0 Å². The number of ketones is 1. The molecule has 196 valence electrons. The molecule has 0 spiro atoms. The van der Waals surface area contributed by atoms with Crippen molar-refractivity contribution in [3.8, 4) is 0 Å². The molecule has 0 radical (unpaired) electrons. The SMILES string of the molecule is CC[C@@H](C(C)C)[C@@H](O)[C@H](O)[C@@H](C)[C@H]1CC[C@H]2[C@@H]3CC(=O)[C@H]4C[C@H](O)[C@H](O)C[C@]4(C)[C@H]3CC[C@]12C. The summed E-state index contributed by atoms with van der Waals surface area (Å²) in [5, 5.41) is 43.1. The lowest BCUT2D eigenvalue weighted by Crippen LogP contribution is -2.59. The van der Waals surface area contributed by atoms with Gasteiger partial charge < -0.3 is 20.4 Å². The number of hydrogen-bond donors (Lipinski definition) is 4. The van der Waals surface area contributed by atoms with Gasteiger partial charge in [-0.3, -0.25) is 4.79 Å². The van der Waals surface area contributed by atoms with Gasteiger partial charge in [0.05, 0.1) is 24.4 Å². The van der Waals surface area contributed by atoms with Crippen molar-refractivity contribution in [1.29, 1.82) is 0 Å². The Labute approximate surface area is 206 Å². The first-order valence-corrected chi connectivity index (χ1v) is 14.1. The maximum Gasteiger partial charge on any atom is 0.136 e. The highest BCUT2D eigenvalue weighted by Gasteiger charge is 2.63. The Morgan fingerprint density at radius 1 is 0.941 bits per heavy atom. The standard InChI is InChI=1S/C29H50O5/c1-7-17(15(2)3)27(34)26(33)16(4)19-8-9-20-18-12-23(30)22-13-24(31)25(32)14-29(22,6)21(18)10-11-28(19,20)5/h15-22,24-27,31-34H,7-14H2,1-6H3/t16-,17-,18-,19+,20-,21-,22+,24-,25+,26+,27+,28+,29+/m0/s1. The van der Waals surface area contributed by atoms with Gasteiger partial charge in [0.15, 0.2) is 0 Å². The highest BCUT2D eigenvalue weighted by Crippen LogP contribution is 2.67. The van der Waals surface area contributed by atoms with Crippen molar-refractivity contribution in [2.24, 2.45) is 58.2 Å². The molecule has 4 aliphatic rings. The van der Waals surface area contributed by atoms with Crippen LogP contribution < -0.4 is 0 Å². The Balaban J connectivity index is 1.55. The second kappa shape index (κ2) is 9.43. The minimum Gasteiger partial charge on any atom is -0.390 e. The Hall–Kier alpha value is -0.490. The predicted molar refractivity (Wildman–Crippen MR) is 133 cm³/mol. The highest BCUT2D eigenvalue weighted by molar-refractivity contribution is 5.83. The van der Waals surface area contributed by atoms with Crippen LogP contribution >= 0.6 is 0 Å². The van der Waals surface area contributed by atoms with E-state index in [1.54, 1.807) is 0 Å². The molecular weight excluding hydrogens is 428 g/mol. The molecule has 0 aliphatic heterocycles. The molecule has 0 aromatic rings. The third-order valence-corrected chi connectivity index (χ3v) is 11.8. The van der Waals surface area contributed by atoms with Crippen LogP contribution in [0.25, 0.3) is 0 Å². The molecule has 5 heteroatoms. The maximum absolute atomic E-state index is 13.4. The van der Waals surface area contributed by atoms with Crippen LogP contribution in [-0.4, -0.2) is 50.6 Å². The molecule has 4 fully saturated rings. The van der Waals surface area contributed by atoms with E-state index in [0.29, 0.717) is 48.9 Å². The van der Waals surface area contributed by atoms with Crippen LogP contribution in [0.5, 0.6) is 0 Å². The second-order valence-electron chi connectivity index (χ2n) is 13.6. The zero-order chi connectivity index (χ0) is 25.2. The van der Waals surface area contributed by atoms with Gasteiger partial charge in [-0.15, -0.1) is 0 Å². The number of hydrogen-bond acceptors (Lipinski definition) is 5. The Bertz CT molecular complexity index is 753. The van der Waals surface area contributed by atoms with Crippen molar-refractivity contribution >= 4 is 5.78 Å². The van der Waals surface area contributed by atoms with Crippen molar-refractivity contribution in [1.82, 2.24) is 0 Å². The lowest BCUT2D eigenvalue weighted by Gasteiger charge is -2.61. The molecule has 0 unspecified atom stereocenters. The van der Waals surface area contributed by atoms with Crippen molar-refractivity contribution in [2.45, 2.75) is 117 Å². The van der Waals surface area contributed by atoms with E-state index in [4.69, 9.17) is 0 Å². The summed E-state index contributed by atoms with van der Waals surface area (Å²) >= 11 is 0. The molecule has 0 amide bonds. The molecule has 4 N–H and O–H groups in total. The molecule has 0 aromatic carbocycles. The van der Waals surface area contributed by atoms with E-state index in [9.17, 15) is 25.2 Å². The van der Waals surface area contributed by atoms with Gasteiger partial charge in [0.25, 0.3) is 0 Å². The normalized spacial score (nSPS) is 48.0. The summed E-state index contributed by atoms with van der Waals surface area (Å²) in [6, 6.07) is 0. The van der Waals surface area contributed by atoms with E-state index in [-0.39, 0.29) is 34.4 Å².